The van der Waals surface area contributed by atoms with Crippen molar-refractivity contribution in [3.63, 3.8) is 0 Å². The van der Waals surface area contributed by atoms with E-state index in [1.807, 2.05) is 0 Å². The summed E-state index contributed by atoms with van der Waals surface area (Å²) < 4.78 is 0. The second-order valence-electron chi connectivity index (χ2n) is 5.01. The summed E-state index contributed by atoms with van der Waals surface area (Å²) in [7, 11) is 0. The Hall–Kier alpha value is -1.47. The van der Waals surface area contributed by atoms with Gasteiger partial charge in [-0.1, -0.05) is 0 Å². The Kier molecular flexibility index (Phi) is 7.68. The molecule has 0 fully saturated rings. The first-order valence-electron chi connectivity index (χ1n) is 6.53. The first-order chi connectivity index (χ1) is 9.93. The molecule has 0 unspecified atom stereocenters. The van der Waals surface area contributed by atoms with Crippen LogP contribution in [0.1, 0.15) is 41.5 Å². The van der Waals surface area contributed by atoms with Gasteiger partial charge in [-0.25, -0.2) is 0 Å². The van der Waals surface area contributed by atoms with Crippen molar-refractivity contribution in [3.8, 4) is 0 Å². The van der Waals surface area contributed by atoms with Crippen LogP contribution in [-0.4, -0.2) is 34.7 Å². The predicted molar refractivity (Wildman–Crippen MR) is 75.3 cm³/mol. The summed E-state index contributed by atoms with van der Waals surface area (Å²) in [6.45, 7) is 6.97. The van der Waals surface area contributed by atoms with Crippen LogP contribution in [0, 0.1) is 0 Å². The van der Waals surface area contributed by atoms with Gasteiger partial charge in [-0.15, -0.1) is 0 Å². The summed E-state index contributed by atoms with van der Waals surface area (Å²) in [6.07, 6.45) is 0. The van der Waals surface area contributed by atoms with Crippen LogP contribution in [-0.2, 0) is 42.4 Å². The number of carbonyl (C=O) groups excluding carboxylic acids is 6. The third kappa shape index (κ3) is 4.77. The summed E-state index contributed by atoms with van der Waals surface area (Å²) >= 11 is -2.06. The Morgan fingerprint density at radius 3 is 0.682 bits per heavy atom. The van der Waals surface area contributed by atoms with Gasteiger partial charge in [0.1, 0.15) is 0 Å². The van der Waals surface area contributed by atoms with Gasteiger partial charge in [0.15, 0.2) is 0 Å². The Labute approximate surface area is 133 Å². The van der Waals surface area contributed by atoms with E-state index in [0.29, 0.717) is 0 Å². The molecule has 0 radical (unpaired) electrons. The molecule has 0 heterocycles. The fourth-order valence-corrected chi connectivity index (χ4v) is 6.10. The molecule has 0 aliphatic heterocycles. The van der Waals surface area contributed by atoms with Gasteiger partial charge in [-0.05, 0) is 0 Å². The molecule has 126 valence electrons. The Morgan fingerprint density at radius 1 is 0.455 bits per heavy atom. The molecule has 22 heavy (non-hydrogen) atoms. The summed E-state index contributed by atoms with van der Waals surface area (Å²) in [5, 5.41) is 0. The van der Waals surface area contributed by atoms with Crippen molar-refractivity contribution in [2.75, 3.05) is 0 Å². The van der Waals surface area contributed by atoms with Gasteiger partial charge in [0, 0.05) is 0 Å². The van der Waals surface area contributed by atoms with E-state index in [1.54, 1.807) is 0 Å². The molecular weight excluding hydrogens is 335 g/mol. The topological polar surface area (TPSA) is 102 Å². The number of rotatable bonds is 9. The number of carbonyl (C=O) groups is 6. The van der Waals surface area contributed by atoms with Gasteiger partial charge in [0.2, 0.25) is 0 Å². The number of Topliss-reactive ketones (excluding diaryl/α,β-unsaturated/α-hetero) is 6. The summed E-state index contributed by atoms with van der Waals surface area (Å²) in [5.41, 5.74) is 0. The third-order valence-corrected chi connectivity index (χ3v) is 7.32. The Bertz CT molecular complexity index is 418. The SMILES string of the molecule is CC(=O)[CH](C(C)=O)[Co]([CH](C(C)=O)C(C)=O)[CH](C(C)=O)C(C)=O. The van der Waals surface area contributed by atoms with E-state index in [-0.39, 0.29) is 0 Å². The van der Waals surface area contributed by atoms with E-state index in [2.05, 4.69) is 0 Å². The molecule has 0 spiro atoms. The molecule has 0 atom stereocenters. The van der Waals surface area contributed by atoms with E-state index in [1.165, 1.54) is 0 Å². The van der Waals surface area contributed by atoms with E-state index in [9.17, 15) is 28.8 Å². The van der Waals surface area contributed by atoms with E-state index in [0.717, 1.165) is 41.5 Å². The van der Waals surface area contributed by atoms with Crippen molar-refractivity contribution in [1.29, 1.82) is 0 Å². The van der Waals surface area contributed by atoms with Crippen molar-refractivity contribution in [1.82, 2.24) is 0 Å². The molecule has 7 heteroatoms. The zero-order valence-electron chi connectivity index (χ0n) is 13.5. The van der Waals surface area contributed by atoms with Gasteiger partial charge in [-0.3, -0.25) is 0 Å². The van der Waals surface area contributed by atoms with Crippen LogP contribution in [0.2, 0.25) is 14.6 Å². The first-order valence-corrected chi connectivity index (χ1v) is 8.34. The van der Waals surface area contributed by atoms with Gasteiger partial charge in [0.05, 0.1) is 0 Å². The van der Waals surface area contributed by atoms with Crippen LogP contribution in [0.25, 0.3) is 0 Å². The van der Waals surface area contributed by atoms with Crippen molar-refractivity contribution in [2.45, 2.75) is 56.1 Å². The van der Waals surface area contributed by atoms with Crippen molar-refractivity contribution in [2.24, 2.45) is 0 Å². The molecule has 0 aliphatic rings. The first kappa shape index (κ1) is 20.5. The monoisotopic (exact) mass is 356 g/mol. The molecule has 0 aromatic carbocycles. The fourth-order valence-electron chi connectivity index (χ4n) is 2.13. The van der Waals surface area contributed by atoms with Gasteiger partial charge in [-0.2, -0.15) is 0 Å². The number of hydrogen-bond acceptors (Lipinski definition) is 6. The third-order valence-electron chi connectivity index (χ3n) is 2.70. The zero-order chi connectivity index (χ0) is 17.8. The van der Waals surface area contributed by atoms with Crippen LogP contribution in [0.3, 0.4) is 0 Å². The summed E-state index contributed by atoms with van der Waals surface area (Å²) in [4.78, 5) is 67.4. The van der Waals surface area contributed by atoms with Gasteiger partial charge >= 0.3 is 133 Å². The minimum absolute atomic E-state index is 0.544. The average molecular weight is 356 g/mol. The van der Waals surface area contributed by atoms with Gasteiger partial charge < -0.3 is 0 Å². The van der Waals surface area contributed by atoms with E-state index >= 15 is 0 Å². The normalized spacial score (nSPS) is 11.6. The maximum absolute atomic E-state index is 11.9. The molecule has 0 aromatic heterocycles. The standard InChI is InChI=1S/3C5H7O2.Co/c3*1-4(6)3-5(2)7;/h3*3H,1-2H3;. The minimum atomic E-state index is -2.06. The predicted octanol–water partition coefficient (Wildman–Crippen LogP) is 1.50. The molecule has 0 N–H and O–H groups in total. The quantitative estimate of drug-likeness (QED) is 0.580. The second-order valence-corrected chi connectivity index (χ2v) is 7.85. The Morgan fingerprint density at radius 2 is 0.591 bits per heavy atom. The molecule has 0 saturated carbocycles. The molecule has 0 aromatic rings. The molecule has 6 nitrogen and oxygen atoms in total. The summed E-state index contributed by atoms with van der Waals surface area (Å²) in [6, 6.07) is 0. The second kappa shape index (κ2) is 8.24. The molecular formula is C15H21CoO6. The van der Waals surface area contributed by atoms with Crippen LogP contribution < -0.4 is 0 Å². The molecule has 0 bridgehead atoms. The van der Waals surface area contributed by atoms with Crippen LogP contribution in [0.5, 0.6) is 0 Å². The Balaban J connectivity index is 6.39. The van der Waals surface area contributed by atoms with E-state index in [4.69, 9.17) is 0 Å². The van der Waals surface area contributed by atoms with E-state index < -0.39 is 62.9 Å². The zero-order valence-corrected chi connectivity index (χ0v) is 14.6. The van der Waals surface area contributed by atoms with Gasteiger partial charge in [0.25, 0.3) is 0 Å². The average Bonchev–Trinajstić information content (AvgIpc) is 2.24. The summed E-state index contributed by atoms with van der Waals surface area (Å²) in [5.74, 6) is -3.26. The number of hydrogen-bond donors (Lipinski definition) is 0. The van der Waals surface area contributed by atoms with Crippen molar-refractivity contribution < 1.29 is 42.4 Å². The molecule has 0 rings (SSSR count). The van der Waals surface area contributed by atoms with Crippen molar-refractivity contribution in [3.05, 3.63) is 0 Å². The van der Waals surface area contributed by atoms with Crippen LogP contribution in [0.4, 0.5) is 0 Å². The van der Waals surface area contributed by atoms with Crippen molar-refractivity contribution >= 4 is 34.7 Å². The molecule has 0 aliphatic carbocycles. The molecule has 0 amide bonds. The van der Waals surface area contributed by atoms with Crippen LogP contribution in [0.15, 0.2) is 0 Å². The molecule has 0 saturated heterocycles. The number of ketones is 6. The fraction of sp³-hybridized carbons (Fsp3) is 0.600. The maximum atomic E-state index is 11.9. The van der Waals surface area contributed by atoms with Crippen LogP contribution >= 0.6 is 0 Å².